The molecule has 10 nitrogen and oxygen atoms in total. The lowest BCUT2D eigenvalue weighted by molar-refractivity contribution is 0.0285. The van der Waals surface area contributed by atoms with Crippen LogP contribution < -0.4 is 20.3 Å². The molecular weight excluding hydrogens is 529 g/mol. The van der Waals surface area contributed by atoms with E-state index >= 15 is 0 Å². The van der Waals surface area contributed by atoms with E-state index in [2.05, 4.69) is 15.3 Å². The molecule has 5 aromatic rings. The highest BCUT2D eigenvalue weighted by molar-refractivity contribution is 6.04. The maximum Gasteiger partial charge on any atom is 0.284 e. The fourth-order valence-electron chi connectivity index (χ4n) is 4.20. The summed E-state index contributed by atoms with van der Waals surface area (Å²) < 4.78 is 27.9. The zero-order chi connectivity index (χ0) is 29.3. The summed E-state index contributed by atoms with van der Waals surface area (Å²) in [5, 5.41) is 13.3. The van der Waals surface area contributed by atoms with E-state index in [0.717, 1.165) is 5.39 Å². The number of nitrogens with zero attached hydrogens (tertiary/aromatic N) is 4. The molecule has 2 N–H and O–H groups in total. The molecule has 0 aliphatic rings. The van der Waals surface area contributed by atoms with Crippen LogP contribution in [0.3, 0.4) is 0 Å². The van der Waals surface area contributed by atoms with Crippen molar-refractivity contribution < 1.29 is 23.8 Å². The van der Waals surface area contributed by atoms with Crippen molar-refractivity contribution in [1.82, 2.24) is 19.3 Å². The van der Waals surface area contributed by atoms with Crippen LogP contribution in [-0.2, 0) is 7.05 Å². The number of nitrogens with one attached hydrogen (secondary N) is 1. The first-order chi connectivity index (χ1) is 19.5. The number of halogens is 1. The molecule has 210 valence electrons. The fourth-order valence-corrected chi connectivity index (χ4v) is 4.20. The second kappa shape index (κ2) is 10.9. The minimum atomic E-state index is -0.963. The smallest absolute Gasteiger partial charge is 0.284 e. The zero-order valence-electron chi connectivity index (χ0n) is 22.9. The molecule has 5 rings (SSSR count). The minimum absolute atomic E-state index is 0.0480. The molecule has 41 heavy (non-hydrogen) atoms. The van der Waals surface area contributed by atoms with Gasteiger partial charge in [0.2, 0.25) is 0 Å². The van der Waals surface area contributed by atoms with Gasteiger partial charge in [-0.15, -0.1) is 0 Å². The number of fused-ring (bicyclic) bond motifs is 1. The van der Waals surface area contributed by atoms with Gasteiger partial charge in [0.05, 0.1) is 28.7 Å². The molecule has 0 aliphatic heterocycles. The van der Waals surface area contributed by atoms with E-state index in [9.17, 15) is 19.1 Å². The monoisotopic (exact) mass is 557 g/mol. The van der Waals surface area contributed by atoms with Crippen LogP contribution in [0.2, 0.25) is 0 Å². The quantitative estimate of drug-likeness (QED) is 0.282. The van der Waals surface area contributed by atoms with Gasteiger partial charge in [-0.1, -0.05) is 0 Å². The highest BCUT2D eigenvalue weighted by Crippen LogP contribution is 2.31. The van der Waals surface area contributed by atoms with Crippen molar-refractivity contribution in [1.29, 1.82) is 0 Å². The number of benzene rings is 2. The highest BCUT2D eigenvalue weighted by Gasteiger charge is 2.23. The zero-order valence-corrected chi connectivity index (χ0v) is 22.9. The molecule has 3 heterocycles. The van der Waals surface area contributed by atoms with Gasteiger partial charge in [0, 0.05) is 24.7 Å². The summed E-state index contributed by atoms with van der Waals surface area (Å²) in [7, 11) is 1.65. The van der Waals surface area contributed by atoms with Crippen LogP contribution >= 0.6 is 0 Å². The maximum atomic E-state index is 13.4. The Hall–Kier alpha value is -5.03. The summed E-state index contributed by atoms with van der Waals surface area (Å²) in [6.45, 7) is 5.12. The molecule has 0 unspecified atom stereocenters. The van der Waals surface area contributed by atoms with E-state index in [1.54, 1.807) is 64.3 Å². The van der Waals surface area contributed by atoms with Crippen LogP contribution in [0, 0.1) is 12.7 Å². The van der Waals surface area contributed by atoms with Gasteiger partial charge in [-0.2, -0.15) is 0 Å². The summed E-state index contributed by atoms with van der Waals surface area (Å²) >= 11 is 0. The Labute approximate surface area is 234 Å². The van der Waals surface area contributed by atoms with Gasteiger partial charge in [0.25, 0.3) is 11.5 Å². The van der Waals surface area contributed by atoms with Crippen molar-refractivity contribution >= 4 is 22.6 Å². The topological polar surface area (TPSA) is 121 Å². The predicted octanol–water partition coefficient (Wildman–Crippen LogP) is 4.76. The number of amides is 1. The third kappa shape index (κ3) is 5.94. The lowest BCUT2D eigenvalue weighted by Crippen LogP contribution is -2.27. The number of hydrogen-bond acceptors (Lipinski definition) is 7. The first-order valence-electron chi connectivity index (χ1n) is 12.7. The molecule has 0 saturated heterocycles. The molecule has 0 bridgehead atoms. The van der Waals surface area contributed by atoms with Gasteiger partial charge in [-0.25, -0.2) is 14.1 Å². The summed E-state index contributed by atoms with van der Waals surface area (Å²) in [6.07, 6.45) is 3.07. The summed E-state index contributed by atoms with van der Waals surface area (Å²) in [6, 6.07) is 15.7. The number of pyridine rings is 2. The lowest BCUT2D eigenvalue weighted by Gasteiger charge is -2.18. The average molecular weight is 558 g/mol. The Morgan fingerprint density at radius 2 is 1.78 bits per heavy atom. The minimum Gasteiger partial charge on any atom is -0.491 e. The number of carbonyl (C=O) groups excluding carboxylic acids is 1. The van der Waals surface area contributed by atoms with E-state index < -0.39 is 22.9 Å². The summed E-state index contributed by atoms with van der Waals surface area (Å²) in [5.74, 6) is 0.725. The molecule has 1 amide bonds. The summed E-state index contributed by atoms with van der Waals surface area (Å²) in [4.78, 5) is 34.8. The second-order valence-corrected chi connectivity index (χ2v) is 10.1. The molecule has 0 atom stereocenters. The Balaban J connectivity index is 1.31. The first kappa shape index (κ1) is 27.5. The van der Waals surface area contributed by atoms with E-state index in [1.165, 1.54) is 39.8 Å². The number of aromatic nitrogens is 4. The van der Waals surface area contributed by atoms with Crippen molar-refractivity contribution in [2.24, 2.45) is 7.05 Å². The Bertz CT molecular complexity index is 1790. The lowest BCUT2D eigenvalue weighted by atomic mass is 10.1. The second-order valence-electron chi connectivity index (χ2n) is 10.1. The Morgan fingerprint density at radius 3 is 2.46 bits per heavy atom. The van der Waals surface area contributed by atoms with Crippen molar-refractivity contribution in [2.75, 3.05) is 11.9 Å². The van der Waals surface area contributed by atoms with E-state index in [-0.39, 0.29) is 18.0 Å². The van der Waals surface area contributed by atoms with Crippen LogP contribution in [0.1, 0.15) is 29.9 Å². The molecular formula is C30H28FN5O5. The van der Waals surface area contributed by atoms with E-state index in [4.69, 9.17) is 9.47 Å². The van der Waals surface area contributed by atoms with Crippen molar-refractivity contribution in [3.05, 3.63) is 100 Å². The van der Waals surface area contributed by atoms with Crippen molar-refractivity contribution in [2.45, 2.75) is 26.4 Å². The van der Waals surface area contributed by atoms with Gasteiger partial charge in [0.15, 0.2) is 0 Å². The van der Waals surface area contributed by atoms with Crippen LogP contribution in [-0.4, -0.2) is 42.6 Å². The van der Waals surface area contributed by atoms with Gasteiger partial charge < -0.3 is 19.9 Å². The van der Waals surface area contributed by atoms with Crippen molar-refractivity contribution in [3.8, 4) is 22.9 Å². The molecule has 11 heteroatoms. The molecule has 0 spiro atoms. The number of carbonyl (C=O) groups is 1. The normalized spacial score (nSPS) is 11.5. The maximum absolute atomic E-state index is 13.4. The number of aliphatic hydroxyl groups is 1. The van der Waals surface area contributed by atoms with Crippen LogP contribution in [0.25, 0.3) is 16.6 Å². The Kier molecular flexibility index (Phi) is 7.29. The number of rotatable bonds is 8. The molecule has 0 aliphatic carbocycles. The van der Waals surface area contributed by atoms with Crippen LogP contribution in [0.5, 0.6) is 17.2 Å². The van der Waals surface area contributed by atoms with Crippen LogP contribution in [0.15, 0.2) is 77.9 Å². The third-order valence-corrected chi connectivity index (χ3v) is 6.32. The third-order valence-electron chi connectivity index (χ3n) is 6.32. The molecule has 3 aromatic heterocycles. The highest BCUT2D eigenvalue weighted by atomic mass is 19.1. The number of hydrogen-bond donors (Lipinski definition) is 2. The van der Waals surface area contributed by atoms with Gasteiger partial charge in [-0.05, 0) is 75.4 Å². The SMILES string of the molecule is Cc1c(C(=O)Nc2ccc(Oc3ccnc4cc(OCC(C)(C)O)ccc34)cn2)c(=O)n(-c2ccc(F)cc2)n1C. The van der Waals surface area contributed by atoms with Gasteiger partial charge in [0.1, 0.15) is 41.1 Å². The molecule has 0 radical (unpaired) electrons. The summed E-state index contributed by atoms with van der Waals surface area (Å²) in [5.41, 5.74) is -0.0238. The van der Waals surface area contributed by atoms with Crippen molar-refractivity contribution in [3.63, 3.8) is 0 Å². The average Bonchev–Trinajstić information content (AvgIpc) is 3.16. The first-order valence-corrected chi connectivity index (χ1v) is 12.7. The fraction of sp³-hybridized carbons (Fsp3) is 0.200. The standard InChI is InChI=1S/C30H28FN5O5/c1-18-27(29(38)36(35(18)4)20-7-5-19(31)6-8-20)28(37)34-26-12-10-22(16-33-26)41-25-13-14-32-24-15-21(9-11-23(24)25)40-17-30(2,3)39/h5-16,39H,17H2,1-4H3,(H,33,34,37). The number of ether oxygens (including phenoxy) is 2. The van der Waals surface area contributed by atoms with Gasteiger partial charge in [-0.3, -0.25) is 19.3 Å². The van der Waals surface area contributed by atoms with Crippen LogP contribution in [0.4, 0.5) is 10.2 Å². The molecule has 0 saturated carbocycles. The predicted molar refractivity (Wildman–Crippen MR) is 152 cm³/mol. The molecule has 0 fully saturated rings. The molecule has 2 aromatic carbocycles. The number of anilines is 1. The van der Waals surface area contributed by atoms with E-state index in [0.29, 0.717) is 34.1 Å². The largest absolute Gasteiger partial charge is 0.491 e. The Morgan fingerprint density at radius 1 is 1.05 bits per heavy atom. The van der Waals surface area contributed by atoms with E-state index in [1.807, 2.05) is 6.07 Å². The van der Waals surface area contributed by atoms with Gasteiger partial charge >= 0.3 is 0 Å².